The van der Waals surface area contributed by atoms with Crippen molar-refractivity contribution in [2.24, 2.45) is 0 Å². The molecule has 0 bridgehead atoms. The first-order valence-corrected chi connectivity index (χ1v) is 5.17. The molecule has 1 aromatic heterocycles. The van der Waals surface area contributed by atoms with Gasteiger partial charge in [-0.1, -0.05) is 23.8 Å². The van der Waals surface area contributed by atoms with Crippen molar-refractivity contribution in [3.05, 3.63) is 58.4 Å². The number of benzene rings is 2. The zero-order valence-electron chi connectivity index (χ0n) is 8.86. The van der Waals surface area contributed by atoms with Gasteiger partial charge < -0.3 is 4.42 Å². The smallest absolute Gasteiger partial charge is 0.336 e. The molecule has 0 aliphatic carbocycles. The Balaban J connectivity index is 2.49. The van der Waals surface area contributed by atoms with Crippen LogP contribution in [0.3, 0.4) is 0 Å². The van der Waals surface area contributed by atoms with Gasteiger partial charge in [0.05, 0.1) is 0 Å². The van der Waals surface area contributed by atoms with Crippen LogP contribution in [0.4, 0.5) is 0 Å². The zero-order chi connectivity index (χ0) is 11.1. The standard InChI is InChI=1S/C14H10O2/c1-9-2-3-10-7-11-4-5-14(15)16-13(11)8-12(10)6-9/h2-8H,1H3. The van der Waals surface area contributed by atoms with Gasteiger partial charge in [-0.3, -0.25) is 0 Å². The highest BCUT2D eigenvalue weighted by Gasteiger charge is 2.00. The predicted octanol–water partition coefficient (Wildman–Crippen LogP) is 3.25. The van der Waals surface area contributed by atoms with Crippen molar-refractivity contribution in [2.45, 2.75) is 6.92 Å². The van der Waals surface area contributed by atoms with E-state index in [0.29, 0.717) is 5.58 Å². The average Bonchev–Trinajstić information content (AvgIpc) is 2.26. The largest absolute Gasteiger partial charge is 0.423 e. The molecule has 2 nitrogen and oxygen atoms in total. The molecule has 0 aliphatic rings. The lowest BCUT2D eigenvalue weighted by molar-refractivity contribution is 0.561. The summed E-state index contributed by atoms with van der Waals surface area (Å²) < 4.78 is 5.15. The van der Waals surface area contributed by atoms with Crippen molar-refractivity contribution in [2.75, 3.05) is 0 Å². The van der Waals surface area contributed by atoms with Crippen LogP contribution in [0.25, 0.3) is 21.7 Å². The van der Waals surface area contributed by atoms with Gasteiger partial charge in [-0.15, -0.1) is 0 Å². The second-order valence-electron chi connectivity index (χ2n) is 4.00. The molecule has 3 rings (SSSR count). The molecule has 78 valence electrons. The zero-order valence-corrected chi connectivity index (χ0v) is 8.86. The fourth-order valence-electron chi connectivity index (χ4n) is 1.93. The Morgan fingerprint density at radius 3 is 2.56 bits per heavy atom. The van der Waals surface area contributed by atoms with Crippen LogP contribution in [-0.2, 0) is 0 Å². The highest BCUT2D eigenvalue weighted by atomic mass is 16.4. The molecular weight excluding hydrogens is 200 g/mol. The lowest BCUT2D eigenvalue weighted by Gasteiger charge is -2.01. The van der Waals surface area contributed by atoms with Crippen LogP contribution in [0, 0.1) is 6.92 Å². The molecule has 2 heteroatoms. The Kier molecular flexibility index (Phi) is 1.83. The number of fused-ring (bicyclic) bond motifs is 2. The van der Waals surface area contributed by atoms with E-state index >= 15 is 0 Å². The molecule has 0 fully saturated rings. The number of hydrogen-bond donors (Lipinski definition) is 0. The number of rotatable bonds is 0. The Labute approximate surface area is 92.1 Å². The molecular formula is C14H10O2. The van der Waals surface area contributed by atoms with Crippen LogP contribution in [0.15, 0.2) is 51.7 Å². The molecule has 0 N–H and O–H groups in total. The van der Waals surface area contributed by atoms with Crippen molar-refractivity contribution in [3.63, 3.8) is 0 Å². The van der Waals surface area contributed by atoms with Crippen LogP contribution in [0.5, 0.6) is 0 Å². The third-order valence-corrected chi connectivity index (χ3v) is 2.73. The maximum atomic E-state index is 11.1. The van der Waals surface area contributed by atoms with Crippen molar-refractivity contribution >= 4 is 21.7 Å². The first-order valence-electron chi connectivity index (χ1n) is 5.17. The molecule has 0 saturated heterocycles. The third kappa shape index (κ3) is 1.39. The molecule has 1 heterocycles. The lowest BCUT2D eigenvalue weighted by atomic mass is 10.1. The summed E-state index contributed by atoms with van der Waals surface area (Å²) in [6, 6.07) is 13.4. The van der Waals surface area contributed by atoms with E-state index in [4.69, 9.17) is 4.42 Å². The quantitative estimate of drug-likeness (QED) is 0.421. The SMILES string of the molecule is Cc1ccc2cc3ccc(=O)oc3cc2c1. The minimum atomic E-state index is -0.306. The predicted molar refractivity (Wildman–Crippen MR) is 64.7 cm³/mol. The Morgan fingerprint density at radius 1 is 0.875 bits per heavy atom. The number of aryl methyl sites for hydroxylation is 1. The normalized spacial score (nSPS) is 11.1. The van der Waals surface area contributed by atoms with E-state index < -0.39 is 0 Å². The van der Waals surface area contributed by atoms with Gasteiger partial charge in [0.25, 0.3) is 0 Å². The molecule has 16 heavy (non-hydrogen) atoms. The molecule has 0 radical (unpaired) electrons. The second-order valence-corrected chi connectivity index (χ2v) is 4.00. The van der Waals surface area contributed by atoms with Gasteiger partial charge in [0, 0.05) is 11.5 Å². The fraction of sp³-hybridized carbons (Fsp3) is 0.0714. The van der Waals surface area contributed by atoms with Crippen molar-refractivity contribution in [3.8, 4) is 0 Å². The van der Waals surface area contributed by atoms with Crippen LogP contribution in [0.2, 0.25) is 0 Å². The van der Waals surface area contributed by atoms with Crippen LogP contribution >= 0.6 is 0 Å². The summed E-state index contributed by atoms with van der Waals surface area (Å²) in [6.07, 6.45) is 0. The molecule has 0 atom stereocenters. The molecule has 0 spiro atoms. The summed E-state index contributed by atoms with van der Waals surface area (Å²) in [4.78, 5) is 11.1. The summed E-state index contributed by atoms with van der Waals surface area (Å²) in [7, 11) is 0. The summed E-state index contributed by atoms with van der Waals surface area (Å²) >= 11 is 0. The Hall–Kier alpha value is -2.09. The Morgan fingerprint density at radius 2 is 1.69 bits per heavy atom. The molecule has 0 saturated carbocycles. The highest BCUT2D eigenvalue weighted by molar-refractivity contribution is 5.95. The minimum Gasteiger partial charge on any atom is -0.423 e. The van der Waals surface area contributed by atoms with E-state index in [-0.39, 0.29) is 5.63 Å². The van der Waals surface area contributed by atoms with E-state index in [1.807, 2.05) is 19.1 Å². The maximum absolute atomic E-state index is 11.1. The topological polar surface area (TPSA) is 30.2 Å². The van der Waals surface area contributed by atoms with E-state index in [1.165, 1.54) is 11.6 Å². The van der Waals surface area contributed by atoms with Gasteiger partial charge >= 0.3 is 5.63 Å². The summed E-state index contributed by atoms with van der Waals surface area (Å²) in [5, 5.41) is 3.21. The van der Waals surface area contributed by atoms with Gasteiger partial charge in [0.15, 0.2) is 0 Å². The average molecular weight is 210 g/mol. The van der Waals surface area contributed by atoms with Crippen LogP contribution < -0.4 is 5.63 Å². The first kappa shape index (κ1) is 9.16. The summed E-state index contributed by atoms with van der Waals surface area (Å²) in [6.45, 7) is 2.05. The van der Waals surface area contributed by atoms with Crippen molar-refractivity contribution in [1.29, 1.82) is 0 Å². The molecule has 3 aromatic rings. The van der Waals surface area contributed by atoms with Crippen molar-refractivity contribution < 1.29 is 4.42 Å². The van der Waals surface area contributed by atoms with Gasteiger partial charge in [-0.05, 0) is 35.9 Å². The summed E-state index contributed by atoms with van der Waals surface area (Å²) in [5.41, 5.74) is 1.54. The van der Waals surface area contributed by atoms with Gasteiger partial charge in [0.1, 0.15) is 5.58 Å². The van der Waals surface area contributed by atoms with E-state index in [9.17, 15) is 4.79 Å². The van der Waals surface area contributed by atoms with Crippen LogP contribution in [0.1, 0.15) is 5.56 Å². The minimum absolute atomic E-state index is 0.306. The van der Waals surface area contributed by atoms with E-state index in [2.05, 4.69) is 18.2 Å². The molecule has 0 amide bonds. The molecule has 0 aliphatic heterocycles. The second kappa shape index (κ2) is 3.20. The molecule has 0 unspecified atom stereocenters. The van der Waals surface area contributed by atoms with Gasteiger partial charge in [-0.25, -0.2) is 4.79 Å². The summed E-state index contributed by atoms with van der Waals surface area (Å²) in [5.74, 6) is 0. The monoisotopic (exact) mass is 210 g/mol. The third-order valence-electron chi connectivity index (χ3n) is 2.73. The van der Waals surface area contributed by atoms with E-state index in [0.717, 1.165) is 16.2 Å². The van der Waals surface area contributed by atoms with Gasteiger partial charge in [-0.2, -0.15) is 0 Å². The number of hydrogen-bond acceptors (Lipinski definition) is 2. The van der Waals surface area contributed by atoms with E-state index in [1.54, 1.807) is 6.07 Å². The lowest BCUT2D eigenvalue weighted by Crippen LogP contribution is -1.94. The first-order chi connectivity index (χ1) is 7.72. The Bertz CT molecular complexity index is 738. The molecule has 2 aromatic carbocycles. The fourth-order valence-corrected chi connectivity index (χ4v) is 1.93. The maximum Gasteiger partial charge on any atom is 0.336 e. The highest BCUT2D eigenvalue weighted by Crippen LogP contribution is 2.22. The van der Waals surface area contributed by atoms with Crippen LogP contribution in [-0.4, -0.2) is 0 Å². The van der Waals surface area contributed by atoms with Crippen molar-refractivity contribution in [1.82, 2.24) is 0 Å². The van der Waals surface area contributed by atoms with Gasteiger partial charge in [0.2, 0.25) is 0 Å².